The van der Waals surface area contributed by atoms with Gasteiger partial charge in [0.15, 0.2) is 0 Å². The summed E-state index contributed by atoms with van der Waals surface area (Å²) in [6.45, 7) is 5.63. The Hall–Kier alpha value is -1.59. The Labute approximate surface area is 107 Å². The van der Waals surface area contributed by atoms with E-state index in [1.807, 2.05) is 19.1 Å². The molecular formula is C13H20N4O. The molecule has 1 saturated heterocycles. The number of nitrogen functional groups attached to an aromatic ring is 1. The Balaban J connectivity index is 1.94. The average Bonchev–Trinajstić information content (AvgIpc) is 2.39. The summed E-state index contributed by atoms with van der Waals surface area (Å²) in [6.07, 6.45) is 0. The number of benzene rings is 1. The first-order valence-electron chi connectivity index (χ1n) is 6.28. The predicted octanol–water partition coefficient (Wildman–Crippen LogP) is 0.501. The van der Waals surface area contributed by atoms with E-state index in [0.29, 0.717) is 5.69 Å². The maximum atomic E-state index is 12.1. The topological polar surface area (TPSA) is 70.4 Å². The first kappa shape index (κ1) is 12.9. The fourth-order valence-corrected chi connectivity index (χ4v) is 2.10. The molecule has 5 nitrogen and oxygen atoms in total. The molecule has 2 rings (SSSR count). The normalized spacial score (nSPS) is 18.3. The molecule has 5 heteroatoms. The number of anilines is 2. The van der Waals surface area contributed by atoms with Crippen LogP contribution >= 0.6 is 0 Å². The van der Waals surface area contributed by atoms with Crippen LogP contribution in [0, 0.1) is 0 Å². The van der Waals surface area contributed by atoms with E-state index in [0.717, 1.165) is 31.9 Å². The van der Waals surface area contributed by atoms with E-state index in [2.05, 4.69) is 15.5 Å². The summed E-state index contributed by atoms with van der Waals surface area (Å²) in [4.78, 5) is 14.3. The molecule has 0 radical (unpaired) electrons. The summed E-state index contributed by atoms with van der Waals surface area (Å²) in [5, 5.41) is 6.17. The second-order valence-electron chi connectivity index (χ2n) is 4.58. The molecule has 0 bridgehead atoms. The summed E-state index contributed by atoms with van der Waals surface area (Å²) in [5.74, 6) is 0.0162. The number of carbonyl (C=O) groups excluding carboxylic acids is 1. The third kappa shape index (κ3) is 3.21. The SMILES string of the molecule is CC(C(=O)Nc1cccc(N)c1)N1CCNCC1. The number of rotatable bonds is 3. The molecule has 1 heterocycles. The van der Waals surface area contributed by atoms with Gasteiger partial charge in [0.25, 0.3) is 0 Å². The molecule has 0 spiro atoms. The summed E-state index contributed by atoms with van der Waals surface area (Å²) in [5.41, 5.74) is 7.09. The minimum Gasteiger partial charge on any atom is -0.399 e. The van der Waals surface area contributed by atoms with Gasteiger partial charge >= 0.3 is 0 Å². The zero-order valence-electron chi connectivity index (χ0n) is 10.6. The van der Waals surface area contributed by atoms with Gasteiger partial charge in [0.2, 0.25) is 5.91 Å². The largest absolute Gasteiger partial charge is 0.399 e. The van der Waals surface area contributed by atoms with Gasteiger partial charge in [-0.05, 0) is 25.1 Å². The van der Waals surface area contributed by atoms with Gasteiger partial charge in [-0.2, -0.15) is 0 Å². The van der Waals surface area contributed by atoms with Crippen molar-refractivity contribution < 1.29 is 4.79 Å². The van der Waals surface area contributed by atoms with Crippen molar-refractivity contribution >= 4 is 17.3 Å². The zero-order valence-corrected chi connectivity index (χ0v) is 10.6. The number of hydrogen-bond donors (Lipinski definition) is 3. The zero-order chi connectivity index (χ0) is 13.0. The van der Waals surface area contributed by atoms with Gasteiger partial charge < -0.3 is 16.4 Å². The van der Waals surface area contributed by atoms with Crippen LogP contribution in [-0.2, 0) is 4.79 Å². The highest BCUT2D eigenvalue weighted by Gasteiger charge is 2.22. The summed E-state index contributed by atoms with van der Waals surface area (Å²) >= 11 is 0. The first-order chi connectivity index (χ1) is 8.66. The number of nitrogens with one attached hydrogen (secondary N) is 2. The minimum absolute atomic E-state index is 0.0162. The van der Waals surface area contributed by atoms with Gasteiger partial charge in [-0.15, -0.1) is 0 Å². The molecule has 18 heavy (non-hydrogen) atoms. The van der Waals surface area contributed by atoms with Gasteiger partial charge in [0.05, 0.1) is 6.04 Å². The molecule has 4 N–H and O–H groups in total. The molecule has 0 aliphatic carbocycles. The molecule has 1 aliphatic rings. The van der Waals surface area contributed by atoms with Crippen LogP contribution < -0.4 is 16.4 Å². The van der Waals surface area contributed by atoms with Crippen LogP contribution in [0.25, 0.3) is 0 Å². The van der Waals surface area contributed by atoms with Crippen molar-refractivity contribution in [1.82, 2.24) is 10.2 Å². The van der Waals surface area contributed by atoms with E-state index in [-0.39, 0.29) is 11.9 Å². The molecule has 98 valence electrons. The summed E-state index contributed by atoms with van der Waals surface area (Å²) in [6, 6.07) is 7.13. The van der Waals surface area contributed by atoms with E-state index in [4.69, 9.17) is 5.73 Å². The standard InChI is InChI=1S/C13H20N4O/c1-10(17-7-5-15-6-8-17)13(18)16-12-4-2-3-11(14)9-12/h2-4,9-10,15H,5-8,14H2,1H3,(H,16,18). The maximum absolute atomic E-state index is 12.1. The van der Waals surface area contributed by atoms with Crippen molar-refractivity contribution in [3.05, 3.63) is 24.3 Å². The lowest BCUT2D eigenvalue weighted by Gasteiger charge is -2.31. The number of carbonyl (C=O) groups is 1. The molecular weight excluding hydrogens is 228 g/mol. The van der Waals surface area contributed by atoms with Crippen molar-refractivity contribution in [1.29, 1.82) is 0 Å². The minimum atomic E-state index is -0.117. The van der Waals surface area contributed by atoms with Crippen LogP contribution in [0.4, 0.5) is 11.4 Å². The van der Waals surface area contributed by atoms with Crippen molar-refractivity contribution in [3.63, 3.8) is 0 Å². The van der Waals surface area contributed by atoms with Crippen LogP contribution in [0.5, 0.6) is 0 Å². The van der Waals surface area contributed by atoms with Crippen LogP contribution in [0.3, 0.4) is 0 Å². The lowest BCUT2D eigenvalue weighted by molar-refractivity contribution is -0.120. The average molecular weight is 248 g/mol. The third-order valence-electron chi connectivity index (χ3n) is 3.23. The van der Waals surface area contributed by atoms with E-state index in [1.165, 1.54) is 0 Å². The van der Waals surface area contributed by atoms with Crippen molar-refractivity contribution in [2.24, 2.45) is 0 Å². The summed E-state index contributed by atoms with van der Waals surface area (Å²) < 4.78 is 0. The van der Waals surface area contributed by atoms with Gasteiger partial charge in [-0.25, -0.2) is 0 Å². The predicted molar refractivity (Wildman–Crippen MR) is 73.4 cm³/mol. The number of nitrogens with two attached hydrogens (primary N) is 1. The number of piperazine rings is 1. The smallest absolute Gasteiger partial charge is 0.241 e. The quantitative estimate of drug-likeness (QED) is 0.681. The molecule has 0 saturated carbocycles. The highest BCUT2D eigenvalue weighted by Crippen LogP contribution is 2.13. The van der Waals surface area contributed by atoms with Gasteiger partial charge in [-0.1, -0.05) is 6.07 Å². The van der Waals surface area contributed by atoms with Gasteiger partial charge in [0, 0.05) is 37.6 Å². The maximum Gasteiger partial charge on any atom is 0.241 e. The molecule has 1 unspecified atom stereocenters. The van der Waals surface area contributed by atoms with Gasteiger partial charge in [0.1, 0.15) is 0 Å². The molecule has 1 fully saturated rings. The molecule has 1 aromatic rings. The monoisotopic (exact) mass is 248 g/mol. The highest BCUT2D eigenvalue weighted by molar-refractivity contribution is 5.94. The molecule has 0 aromatic heterocycles. The Morgan fingerprint density at radius 1 is 1.44 bits per heavy atom. The Morgan fingerprint density at radius 2 is 2.17 bits per heavy atom. The Kier molecular flexibility index (Phi) is 4.17. The number of hydrogen-bond acceptors (Lipinski definition) is 4. The van der Waals surface area contributed by atoms with Crippen LogP contribution in [-0.4, -0.2) is 43.0 Å². The van der Waals surface area contributed by atoms with E-state index >= 15 is 0 Å². The van der Waals surface area contributed by atoms with E-state index < -0.39 is 0 Å². The third-order valence-corrected chi connectivity index (χ3v) is 3.23. The number of nitrogens with zero attached hydrogens (tertiary/aromatic N) is 1. The van der Waals surface area contributed by atoms with E-state index in [9.17, 15) is 4.79 Å². The van der Waals surface area contributed by atoms with Crippen molar-refractivity contribution in [2.75, 3.05) is 37.2 Å². The fourth-order valence-electron chi connectivity index (χ4n) is 2.10. The van der Waals surface area contributed by atoms with Crippen molar-refractivity contribution in [3.8, 4) is 0 Å². The number of amides is 1. The second kappa shape index (κ2) is 5.84. The van der Waals surface area contributed by atoms with Crippen LogP contribution in [0.1, 0.15) is 6.92 Å². The lowest BCUT2D eigenvalue weighted by Crippen LogP contribution is -2.51. The molecule has 1 aliphatic heterocycles. The Bertz CT molecular complexity index is 415. The first-order valence-corrected chi connectivity index (χ1v) is 6.28. The fraction of sp³-hybridized carbons (Fsp3) is 0.462. The summed E-state index contributed by atoms with van der Waals surface area (Å²) in [7, 11) is 0. The van der Waals surface area contributed by atoms with Gasteiger partial charge in [-0.3, -0.25) is 9.69 Å². The molecule has 1 aromatic carbocycles. The molecule has 1 atom stereocenters. The van der Waals surface area contributed by atoms with Crippen LogP contribution in [0.15, 0.2) is 24.3 Å². The lowest BCUT2D eigenvalue weighted by atomic mass is 10.2. The van der Waals surface area contributed by atoms with Crippen molar-refractivity contribution in [2.45, 2.75) is 13.0 Å². The van der Waals surface area contributed by atoms with E-state index in [1.54, 1.807) is 12.1 Å². The van der Waals surface area contributed by atoms with Crippen LogP contribution in [0.2, 0.25) is 0 Å². The Morgan fingerprint density at radius 3 is 2.83 bits per heavy atom. The molecule has 1 amide bonds. The second-order valence-corrected chi connectivity index (χ2v) is 4.58. The highest BCUT2D eigenvalue weighted by atomic mass is 16.2.